The number of aliphatic hydroxyl groups is 1. The average molecular weight is 349 g/mol. The van der Waals surface area contributed by atoms with E-state index in [1.165, 1.54) is 0 Å². The van der Waals surface area contributed by atoms with Gasteiger partial charge in [-0.25, -0.2) is 0 Å². The van der Waals surface area contributed by atoms with Crippen LogP contribution in [0.25, 0.3) is 0 Å². The number of halogens is 2. The van der Waals surface area contributed by atoms with Crippen molar-refractivity contribution in [2.45, 2.75) is 33.2 Å². The van der Waals surface area contributed by atoms with Crippen molar-refractivity contribution in [3.05, 3.63) is 33.3 Å². The Kier molecular flexibility index (Phi) is 5.83. The molecule has 2 N–H and O–H groups in total. The van der Waals surface area contributed by atoms with Crippen LogP contribution in [0.4, 0.5) is 0 Å². The molecule has 3 nitrogen and oxygen atoms in total. The van der Waals surface area contributed by atoms with E-state index >= 15 is 0 Å². The van der Waals surface area contributed by atoms with E-state index in [4.69, 9.17) is 16.7 Å². The van der Waals surface area contributed by atoms with Crippen LogP contribution in [0.15, 0.2) is 22.7 Å². The van der Waals surface area contributed by atoms with Gasteiger partial charge in [0.15, 0.2) is 0 Å². The second-order valence-electron chi connectivity index (χ2n) is 5.53. The predicted molar refractivity (Wildman–Crippen MR) is 81.6 cm³/mol. The van der Waals surface area contributed by atoms with Crippen LogP contribution < -0.4 is 5.32 Å². The van der Waals surface area contributed by atoms with Gasteiger partial charge in [-0.15, -0.1) is 0 Å². The maximum Gasteiger partial charge on any atom is 0.252 e. The zero-order valence-electron chi connectivity index (χ0n) is 11.3. The molecule has 0 aliphatic carbocycles. The van der Waals surface area contributed by atoms with Gasteiger partial charge in [-0.3, -0.25) is 4.79 Å². The molecule has 0 fully saturated rings. The number of rotatable bonds is 4. The van der Waals surface area contributed by atoms with Gasteiger partial charge >= 0.3 is 0 Å². The topological polar surface area (TPSA) is 49.3 Å². The highest BCUT2D eigenvalue weighted by Gasteiger charge is 2.26. The molecule has 0 saturated heterocycles. The first-order valence-corrected chi connectivity index (χ1v) is 7.29. The van der Waals surface area contributed by atoms with E-state index in [2.05, 4.69) is 21.2 Å². The third-order valence-corrected chi connectivity index (χ3v) is 3.87. The molecule has 0 bridgehead atoms. The molecule has 1 atom stereocenters. The van der Waals surface area contributed by atoms with E-state index in [0.29, 0.717) is 21.5 Å². The molecule has 19 heavy (non-hydrogen) atoms. The van der Waals surface area contributed by atoms with E-state index in [9.17, 15) is 4.79 Å². The molecule has 1 unspecified atom stereocenters. The standard InChI is InChI=1S/C14H19BrClNO2/c1-14(2,3)12(6-7-18)17-13(19)10-8-9(16)4-5-11(10)15/h4-5,8,12,18H,6-7H2,1-3H3,(H,17,19). The van der Waals surface area contributed by atoms with E-state index in [-0.39, 0.29) is 24.0 Å². The van der Waals surface area contributed by atoms with Crippen molar-refractivity contribution in [2.75, 3.05) is 6.61 Å². The molecule has 1 amide bonds. The zero-order chi connectivity index (χ0) is 14.6. The summed E-state index contributed by atoms with van der Waals surface area (Å²) >= 11 is 9.25. The number of carbonyl (C=O) groups excluding carboxylic acids is 1. The van der Waals surface area contributed by atoms with Crippen molar-refractivity contribution >= 4 is 33.4 Å². The Hall–Kier alpha value is -0.580. The van der Waals surface area contributed by atoms with Crippen LogP contribution in [0.5, 0.6) is 0 Å². The van der Waals surface area contributed by atoms with Crippen molar-refractivity contribution in [3.63, 3.8) is 0 Å². The first-order valence-electron chi connectivity index (χ1n) is 6.12. The monoisotopic (exact) mass is 347 g/mol. The average Bonchev–Trinajstić information content (AvgIpc) is 2.30. The van der Waals surface area contributed by atoms with Gasteiger partial charge in [-0.2, -0.15) is 0 Å². The number of nitrogens with one attached hydrogen (secondary N) is 1. The Bertz CT molecular complexity index is 457. The first-order chi connectivity index (χ1) is 8.75. The quantitative estimate of drug-likeness (QED) is 0.873. The van der Waals surface area contributed by atoms with Crippen LogP contribution in [0.2, 0.25) is 5.02 Å². The van der Waals surface area contributed by atoms with Gasteiger partial charge in [0, 0.05) is 22.1 Å². The summed E-state index contributed by atoms with van der Waals surface area (Å²) in [6, 6.07) is 4.99. The minimum absolute atomic E-state index is 0.0406. The first kappa shape index (κ1) is 16.5. The van der Waals surface area contributed by atoms with Crippen molar-refractivity contribution in [3.8, 4) is 0 Å². The molecule has 5 heteroatoms. The molecule has 1 aromatic rings. The fourth-order valence-electron chi connectivity index (χ4n) is 1.76. The van der Waals surface area contributed by atoms with Gasteiger partial charge in [0.05, 0.1) is 5.56 Å². The third-order valence-electron chi connectivity index (χ3n) is 2.94. The Labute approximate surface area is 127 Å². The van der Waals surface area contributed by atoms with Crippen molar-refractivity contribution in [2.24, 2.45) is 5.41 Å². The third kappa shape index (κ3) is 4.79. The summed E-state index contributed by atoms with van der Waals surface area (Å²) in [6.07, 6.45) is 0.521. The fraction of sp³-hybridized carbons (Fsp3) is 0.500. The molecule has 106 valence electrons. The van der Waals surface area contributed by atoms with Crippen LogP contribution in [0.1, 0.15) is 37.6 Å². The largest absolute Gasteiger partial charge is 0.396 e. The van der Waals surface area contributed by atoms with Gasteiger partial charge < -0.3 is 10.4 Å². The van der Waals surface area contributed by atoms with Gasteiger partial charge in [0.1, 0.15) is 0 Å². The second kappa shape index (κ2) is 6.73. The highest BCUT2D eigenvalue weighted by Crippen LogP contribution is 2.24. The number of amides is 1. The van der Waals surface area contributed by atoms with Crippen molar-refractivity contribution < 1.29 is 9.90 Å². The molecule has 1 aromatic carbocycles. The van der Waals surface area contributed by atoms with Crippen LogP contribution in [-0.2, 0) is 0 Å². The molecule has 1 rings (SSSR count). The van der Waals surface area contributed by atoms with Gasteiger partial charge in [-0.1, -0.05) is 32.4 Å². The lowest BCUT2D eigenvalue weighted by molar-refractivity contribution is 0.0884. The van der Waals surface area contributed by atoms with Crippen LogP contribution in [0, 0.1) is 5.41 Å². The van der Waals surface area contributed by atoms with E-state index in [0.717, 1.165) is 0 Å². The Balaban J connectivity index is 2.91. The van der Waals surface area contributed by atoms with Crippen LogP contribution in [-0.4, -0.2) is 23.7 Å². The molecular weight excluding hydrogens is 330 g/mol. The lowest BCUT2D eigenvalue weighted by Gasteiger charge is -2.31. The molecule has 0 aliphatic rings. The summed E-state index contributed by atoms with van der Waals surface area (Å²) in [6.45, 7) is 6.13. The van der Waals surface area contributed by atoms with E-state index < -0.39 is 0 Å². The maximum atomic E-state index is 12.3. The molecular formula is C14H19BrClNO2. The highest BCUT2D eigenvalue weighted by molar-refractivity contribution is 9.10. The number of aliphatic hydroxyl groups excluding tert-OH is 1. The summed E-state index contributed by atoms with van der Waals surface area (Å²) in [7, 11) is 0. The summed E-state index contributed by atoms with van der Waals surface area (Å²) in [5, 5.41) is 12.6. The summed E-state index contributed by atoms with van der Waals surface area (Å²) in [4.78, 5) is 12.3. The summed E-state index contributed by atoms with van der Waals surface area (Å²) in [5.74, 6) is -0.192. The second-order valence-corrected chi connectivity index (χ2v) is 6.82. The van der Waals surface area contributed by atoms with Crippen molar-refractivity contribution in [1.29, 1.82) is 0 Å². The summed E-state index contributed by atoms with van der Waals surface area (Å²) < 4.78 is 0.700. The number of hydrogen-bond acceptors (Lipinski definition) is 2. The predicted octanol–water partition coefficient (Wildman–Crippen LogP) is 3.63. The lowest BCUT2D eigenvalue weighted by atomic mass is 9.85. The lowest BCUT2D eigenvalue weighted by Crippen LogP contribution is -2.44. The fourth-order valence-corrected chi connectivity index (χ4v) is 2.36. The van der Waals surface area contributed by atoms with Crippen LogP contribution >= 0.6 is 27.5 Å². The molecule has 0 aromatic heterocycles. The Morgan fingerprint density at radius 2 is 2.11 bits per heavy atom. The van der Waals surface area contributed by atoms with E-state index in [1.807, 2.05) is 20.8 Å². The van der Waals surface area contributed by atoms with Gasteiger partial charge in [-0.05, 0) is 46.0 Å². The maximum absolute atomic E-state index is 12.3. The molecule has 0 spiro atoms. The SMILES string of the molecule is CC(C)(C)C(CCO)NC(=O)c1cc(Cl)ccc1Br. The molecule has 0 saturated carbocycles. The number of carbonyl (C=O) groups is 1. The molecule has 0 heterocycles. The van der Waals surface area contributed by atoms with E-state index in [1.54, 1.807) is 18.2 Å². The highest BCUT2D eigenvalue weighted by atomic mass is 79.9. The van der Waals surface area contributed by atoms with Gasteiger partial charge in [0.2, 0.25) is 0 Å². The minimum Gasteiger partial charge on any atom is -0.396 e. The number of benzene rings is 1. The zero-order valence-corrected chi connectivity index (χ0v) is 13.7. The van der Waals surface area contributed by atoms with Crippen LogP contribution in [0.3, 0.4) is 0 Å². The summed E-state index contributed by atoms with van der Waals surface area (Å²) in [5.41, 5.74) is 0.378. The smallest absolute Gasteiger partial charge is 0.252 e. The minimum atomic E-state index is -0.192. The number of hydrogen-bond donors (Lipinski definition) is 2. The molecule has 0 radical (unpaired) electrons. The Morgan fingerprint density at radius 1 is 1.47 bits per heavy atom. The normalized spacial score (nSPS) is 13.2. The van der Waals surface area contributed by atoms with Gasteiger partial charge in [0.25, 0.3) is 5.91 Å². The van der Waals surface area contributed by atoms with Crippen molar-refractivity contribution in [1.82, 2.24) is 5.32 Å². The Morgan fingerprint density at radius 3 is 2.63 bits per heavy atom. The molecule has 0 aliphatic heterocycles.